The number of hydrogen-bond donors (Lipinski definition) is 2. The largest absolute Gasteiger partial charge is 0.476 e. The van der Waals surface area contributed by atoms with Gasteiger partial charge in [-0.25, -0.2) is 14.8 Å². The van der Waals surface area contributed by atoms with Gasteiger partial charge in [0.05, 0.1) is 5.69 Å². The second-order valence-electron chi connectivity index (χ2n) is 4.44. The number of nitrogens with one attached hydrogen (secondary N) is 1. The van der Waals surface area contributed by atoms with Gasteiger partial charge in [-0.1, -0.05) is 0 Å². The van der Waals surface area contributed by atoms with Gasteiger partial charge in [-0.15, -0.1) is 0 Å². The maximum atomic E-state index is 11.4. The van der Waals surface area contributed by atoms with E-state index in [1.165, 1.54) is 0 Å². The van der Waals surface area contributed by atoms with Gasteiger partial charge >= 0.3 is 5.97 Å². The zero-order valence-electron chi connectivity index (χ0n) is 10.4. The van der Waals surface area contributed by atoms with Crippen molar-refractivity contribution in [1.82, 2.24) is 20.3 Å². The summed E-state index contributed by atoms with van der Waals surface area (Å²) in [7, 11) is 0. The van der Waals surface area contributed by atoms with Gasteiger partial charge < -0.3 is 10.4 Å². The first-order valence-electron chi connectivity index (χ1n) is 6.10. The molecule has 0 spiro atoms. The highest BCUT2D eigenvalue weighted by Crippen LogP contribution is 2.23. The van der Waals surface area contributed by atoms with E-state index in [4.69, 9.17) is 0 Å². The summed E-state index contributed by atoms with van der Waals surface area (Å²) in [5, 5.41) is 12.5. The van der Waals surface area contributed by atoms with E-state index in [-0.39, 0.29) is 5.69 Å². The lowest BCUT2D eigenvalue weighted by Gasteiger charge is -2.18. The molecule has 0 saturated carbocycles. The number of aromatic carboxylic acids is 1. The zero-order chi connectivity index (χ0) is 14.1. The fraction of sp³-hybridized carbons (Fsp3) is 0.231. The molecule has 0 fully saturated rings. The van der Waals surface area contributed by atoms with Crippen LogP contribution in [0.2, 0.25) is 0 Å². The maximum Gasteiger partial charge on any atom is 0.354 e. The molecule has 1 aliphatic rings. The number of rotatable bonds is 2. The third kappa shape index (κ3) is 2.41. The molecule has 7 heteroatoms. The SMILES string of the molecule is O=C(O)c1nc(-c2cncc(Br)c2)nc2c1CNCC2. The standard InChI is InChI=1S/C13H11BrN4O2/c14-8-3-7(4-16-5-8)12-17-10-1-2-15-6-9(10)11(18-12)13(19)20/h3-5,15H,1-2,6H2,(H,19,20). The number of aromatic nitrogens is 3. The fourth-order valence-corrected chi connectivity index (χ4v) is 2.55. The Labute approximate surface area is 123 Å². The van der Waals surface area contributed by atoms with Crippen LogP contribution in [-0.4, -0.2) is 32.6 Å². The smallest absolute Gasteiger partial charge is 0.354 e. The normalized spacial score (nSPS) is 13.8. The van der Waals surface area contributed by atoms with Crippen LogP contribution in [0.5, 0.6) is 0 Å². The number of nitrogens with zero attached hydrogens (tertiary/aromatic N) is 3. The molecule has 1 aliphatic heterocycles. The molecule has 2 aromatic heterocycles. The average Bonchev–Trinajstić information content (AvgIpc) is 2.46. The monoisotopic (exact) mass is 334 g/mol. The molecular weight excluding hydrogens is 324 g/mol. The lowest BCUT2D eigenvalue weighted by atomic mass is 10.0. The molecule has 2 aromatic rings. The number of carboxylic acid groups (broad SMARTS) is 1. The first-order chi connectivity index (χ1) is 9.65. The van der Waals surface area contributed by atoms with Crippen LogP contribution in [0.4, 0.5) is 0 Å². The van der Waals surface area contributed by atoms with Gasteiger partial charge in [0.1, 0.15) is 0 Å². The van der Waals surface area contributed by atoms with E-state index in [0.717, 1.165) is 16.7 Å². The Morgan fingerprint density at radius 3 is 2.95 bits per heavy atom. The first-order valence-corrected chi connectivity index (χ1v) is 6.89. The predicted molar refractivity (Wildman–Crippen MR) is 75.3 cm³/mol. The van der Waals surface area contributed by atoms with E-state index >= 15 is 0 Å². The molecule has 3 rings (SSSR count). The van der Waals surface area contributed by atoms with Gasteiger partial charge in [0.2, 0.25) is 0 Å². The second kappa shape index (κ2) is 5.26. The van der Waals surface area contributed by atoms with Crippen LogP contribution < -0.4 is 5.32 Å². The van der Waals surface area contributed by atoms with Gasteiger partial charge in [-0.05, 0) is 22.0 Å². The van der Waals surface area contributed by atoms with Crippen molar-refractivity contribution in [2.45, 2.75) is 13.0 Å². The third-order valence-electron chi connectivity index (χ3n) is 3.10. The summed E-state index contributed by atoms with van der Waals surface area (Å²) >= 11 is 3.34. The minimum atomic E-state index is -1.03. The molecule has 0 aliphatic carbocycles. The number of fused-ring (bicyclic) bond motifs is 1. The predicted octanol–water partition coefficient (Wildman–Crippen LogP) is 1.64. The van der Waals surface area contributed by atoms with Crippen LogP contribution in [0.25, 0.3) is 11.4 Å². The van der Waals surface area contributed by atoms with E-state index in [9.17, 15) is 9.90 Å². The molecule has 0 atom stereocenters. The summed E-state index contributed by atoms with van der Waals surface area (Å²) in [6.45, 7) is 1.28. The molecule has 3 heterocycles. The zero-order valence-corrected chi connectivity index (χ0v) is 12.0. The van der Waals surface area contributed by atoms with E-state index in [1.54, 1.807) is 12.4 Å². The lowest BCUT2D eigenvalue weighted by Crippen LogP contribution is -2.28. The Bertz CT molecular complexity index is 690. The van der Waals surface area contributed by atoms with Crippen molar-refractivity contribution in [2.24, 2.45) is 0 Å². The molecule has 0 bridgehead atoms. The summed E-state index contributed by atoms with van der Waals surface area (Å²) < 4.78 is 0.801. The molecule has 0 radical (unpaired) electrons. The molecule has 0 saturated heterocycles. The minimum Gasteiger partial charge on any atom is -0.476 e. The Balaban J connectivity index is 2.17. The second-order valence-corrected chi connectivity index (χ2v) is 5.36. The lowest BCUT2D eigenvalue weighted by molar-refractivity contribution is 0.0688. The summed E-state index contributed by atoms with van der Waals surface area (Å²) in [5.74, 6) is -0.631. The van der Waals surface area contributed by atoms with Crippen molar-refractivity contribution in [3.63, 3.8) is 0 Å². The topological polar surface area (TPSA) is 88.0 Å². The summed E-state index contributed by atoms with van der Waals surface area (Å²) in [4.78, 5) is 24.1. The molecular formula is C13H11BrN4O2. The highest BCUT2D eigenvalue weighted by atomic mass is 79.9. The van der Waals surface area contributed by atoms with E-state index in [2.05, 4.69) is 36.2 Å². The van der Waals surface area contributed by atoms with Crippen molar-refractivity contribution in [3.8, 4) is 11.4 Å². The summed E-state index contributed by atoms with van der Waals surface area (Å²) in [5.41, 5.74) is 2.24. The van der Waals surface area contributed by atoms with Crippen LogP contribution >= 0.6 is 15.9 Å². The van der Waals surface area contributed by atoms with Crippen molar-refractivity contribution >= 4 is 21.9 Å². The number of halogens is 1. The van der Waals surface area contributed by atoms with Crippen molar-refractivity contribution in [3.05, 3.63) is 39.9 Å². The number of carbonyl (C=O) groups is 1. The quantitative estimate of drug-likeness (QED) is 0.868. The molecule has 6 nitrogen and oxygen atoms in total. The van der Waals surface area contributed by atoms with Crippen molar-refractivity contribution in [1.29, 1.82) is 0 Å². The molecule has 0 unspecified atom stereocenters. The van der Waals surface area contributed by atoms with Crippen LogP contribution in [-0.2, 0) is 13.0 Å². The van der Waals surface area contributed by atoms with Gasteiger partial charge in [0.25, 0.3) is 0 Å². The summed E-state index contributed by atoms with van der Waals surface area (Å²) in [6, 6.07) is 1.82. The number of hydrogen-bond acceptors (Lipinski definition) is 5. The van der Waals surface area contributed by atoms with Crippen LogP contribution in [0.15, 0.2) is 22.9 Å². The fourth-order valence-electron chi connectivity index (χ4n) is 2.18. The van der Waals surface area contributed by atoms with E-state index in [0.29, 0.717) is 29.9 Å². The molecule has 0 amide bonds. The number of carboxylic acids is 1. The van der Waals surface area contributed by atoms with Crippen molar-refractivity contribution < 1.29 is 9.90 Å². The molecule has 0 aromatic carbocycles. The van der Waals surface area contributed by atoms with Gasteiger partial charge in [0.15, 0.2) is 11.5 Å². The molecule has 102 valence electrons. The Morgan fingerprint density at radius 1 is 1.35 bits per heavy atom. The van der Waals surface area contributed by atoms with E-state index in [1.807, 2.05) is 6.07 Å². The number of pyridine rings is 1. The van der Waals surface area contributed by atoms with Gasteiger partial charge in [-0.3, -0.25) is 4.98 Å². The summed E-state index contributed by atoms with van der Waals surface area (Å²) in [6.07, 6.45) is 3.98. The Morgan fingerprint density at radius 2 is 2.20 bits per heavy atom. The minimum absolute atomic E-state index is 0.0668. The maximum absolute atomic E-state index is 11.4. The Hall–Kier alpha value is -1.86. The molecule has 2 N–H and O–H groups in total. The van der Waals surface area contributed by atoms with Crippen LogP contribution in [0.1, 0.15) is 21.7 Å². The van der Waals surface area contributed by atoms with Crippen LogP contribution in [0, 0.1) is 0 Å². The van der Waals surface area contributed by atoms with E-state index < -0.39 is 5.97 Å². The van der Waals surface area contributed by atoms with Gasteiger partial charge in [-0.2, -0.15) is 0 Å². The third-order valence-corrected chi connectivity index (χ3v) is 3.53. The highest BCUT2D eigenvalue weighted by Gasteiger charge is 2.22. The average molecular weight is 335 g/mol. The van der Waals surface area contributed by atoms with Crippen LogP contribution in [0.3, 0.4) is 0 Å². The van der Waals surface area contributed by atoms with Gasteiger partial charge in [0, 0.05) is 47.5 Å². The van der Waals surface area contributed by atoms with Crippen molar-refractivity contribution in [2.75, 3.05) is 6.54 Å². The first kappa shape index (κ1) is 13.1. The highest BCUT2D eigenvalue weighted by molar-refractivity contribution is 9.10. The Kier molecular flexibility index (Phi) is 3.45. The molecule has 20 heavy (non-hydrogen) atoms.